The van der Waals surface area contributed by atoms with Gasteiger partial charge in [0, 0.05) is 19.1 Å². The van der Waals surface area contributed by atoms with Gasteiger partial charge in [0.15, 0.2) is 5.69 Å². The van der Waals surface area contributed by atoms with E-state index in [0.717, 1.165) is 31.5 Å². The Labute approximate surface area is 171 Å². The number of rotatable bonds is 5. The lowest BCUT2D eigenvalue weighted by Crippen LogP contribution is -2.48. The van der Waals surface area contributed by atoms with Gasteiger partial charge in [-0.3, -0.25) is 4.79 Å². The number of hydrogen-bond acceptors (Lipinski definition) is 6. The molecule has 0 spiro atoms. The van der Waals surface area contributed by atoms with Crippen molar-refractivity contribution in [1.29, 1.82) is 0 Å². The number of carbonyl (C=O) groups is 1. The van der Waals surface area contributed by atoms with Gasteiger partial charge in [-0.05, 0) is 62.9 Å². The number of hydrogen-bond donors (Lipinski definition) is 2. The number of nitrogens with zero attached hydrogens (tertiary/aromatic N) is 3. The molecule has 2 aliphatic heterocycles. The highest BCUT2D eigenvalue weighted by Gasteiger charge is 2.29. The molecule has 1 atom stereocenters. The number of amides is 1. The summed E-state index contributed by atoms with van der Waals surface area (Å²) < 4.78 is 5.51. The smallest absolute Gasteiger partial charge is 0.275 e. The molecule has 7 nitrogen and oxygen atoms in total. The average Bonchev–Trinajstić information content (AvgIpc) is 3.26. The zero-order chi connectivity index (χ0) is 20.2. The minimum atomic E-state index is -0.439. The van der Waals surface area contributed by atoms with Gasteiger partial charge in [0.05, 0.1) is 6.04 Å². The molecule has 2 saturated heterocycles. The highest BCUT2D eigenvalue weighted by atomic mass is 16.3. The molecule has 156 valence electrons. The number of piperidine rings is 2. The van der Waals surface area contributed by atoms with Crippen LogP contribution in [-0.2, 0) is 6.42 Å². The average molecular weight is 399 g/mol. The Kier molecular flexibility index (Phi) is 6.16. The predicted octanol–water partition coefficient (Wildman–Crippen LogP) is 2.71. The molecule has 7 heteroatoms. The maximum atomic E-state index is 12.8. The van der Waals surface area contributed by atoms with E-state index in [2.05, 4.69) is 9.88 Å². The fourth-order valence-corrected chi connectivity index (χ4v) is 4.41. The van der Waals surface area contributed by atoms with Crippen molar-refractivity contribution < 1.29 is 14.3 Å². The Morgan fingerprint density at radius 3 is 2.52 bits per heavy atom. The van der Waals surface area contributed by atoms with E-state index < -0.39 is 6.04 Å². The molecule has 1 amide bonds. The zero-order valence-electron chi connectivity index (χ0n) is 16.8. The van der Waals surface area contributed by atoms with Crippen LogP contribution in [0.3, 0.4) is 0 Å². The lowest BCUT2D eigenvalue weighted by molar-refractivity contribution is 0.0584. The third-order valence-electron chi connectivity index (χ3n) is 6.11. The summed E-state index contributed by atoms with van der Waals surface area (Å²) in [6.45, 7) is 3.93. The van der Waals surface area contributed by atoms with Crippen molar-refractivity contribution in [2.75, 3.05) is 26.2 Å². The predicted molar refractivity (Wildman–Crippen MR) is 110 cm³/mol. The number of aromatic nitrogens is 1. The van der Waals surface area contributed by atoms with Crippen LogP contribution in [-0.4, -0.2) is 58.0 Å². The van der Waals surface area contributed by atoms with Gasteiger partial charge in [-0.25, -0.2) is 4.98 Å². The van der Waals surface area contributed by atoms with Gasteiger partial charge in [-0.2, -0.15) is 0 Å². The second kappa shape index (κ2) is 8.97. The Balaban J connectivity index is 1.31. The fraction of sp³-hybridized carbons (Fsp3) is 0.545. The largest absolute Gasteiger partial charge is 0.508 e. The minimum Gasteiger partial charge on any atom is -0.508 e. The second-order valence-electron chi connectivity index (χ2n) is 8.17. The van der Waals surface area contributed by atoms with Crippen LogP contribution in [0.5, 0.6) is 5.75 Å². The van der Waals surface area contributed by atoms with Crippen molar-refractivity contribution in [3.63, 3.8) is 0 Å². The monoisotopic (exact) mass is 398 g/mol. The normalized spacial score (nSPS) is 20.0. The zero-order valence-corrected chi connectivity index (χ0v) is 16.8. The quantitative estimate of drug-likeness (QED) is 0.804. The number of phenolic OH excluding ortho intramolecular Hbond substituents is 1. The number of oxazole rings is 1. The molecule has 1 aromatic carbocycles. The summed E-state index contributed by atoms with van der Waals surface area (Å²) in [4.78, 5) is 21.7. The summed E-state index contributed by atoms with van der Waals surface area (Å²) in [5, 5.41) is 9.38. The summed E-state index contributed by atoms with van der Waals surface area (Å²) in [5.74, 6) is 0.508. The Bertz CT molecular complexity index is 806. The van der Waals surface area contributed by atoms with E-state index >= 15 is 0 Å². The molecule has 0 bridgehead atoms. The van der Waals surface area contributed by atoms with E-state index in [1.807, 2.05) is 17.0 Å². The van der Waals surface area contributed by atoms with Gasteiger partial charge in [0.1, 0.15) is 12.0 Å². The van der Waals surface area contributed by atoms with Crippen molar-refractivity contribution in [3.05, 3.63) is 47.7 Å². The second-order valence-corrected chi connectivity index (χ2v) is 8.17. The first-order valence-electron chi connectivity index (χ1n) is 10.6. The van der Waals surface area contributed by atoms with Crippen molar-refractivity contribution in [3.8, 4) is 5.75 Å². The molecule has 29 heavy (non-hydrogen) atoms. The van der Waals surface area contributed by atoms with Gasteiger partial charge >= 0.3 is 0 Å². The van der Waals surface area contributed by atoms with E-state index in [4.69, 9.17) is 10.2 Å². The number of phenols is 1. The van der Waals surface area contributed by atoms with Crippen molar-refractivity contribution in [2.45, 2.75) is 50.6 Å². The molecule has 4 rings (SSSR count). The maximum absolute atomic E-state index is 12.8. The number of benzene rings is 1. The molecular weight excluding hydrogens is 368 g/mol. The lowest BCUT2D eigenvalue weighted by atomic mass is 10.00. The third-order valence-corrected chi connectivity index (χ3v) is 6.11. The van der Waals surface area contributed by atoms with Gasteiger partial charge in [0.2, 0.25) is 5.89 Å². The summed E-state index contributed by atoms with van der Waals surface area (Å²) >= 11 is 0. The first kappa shape index (κ1) is 19.9. The van der Waals surface area contributed by atoms with E-state index in [0.29, 0.717) is 24.0 Å². The van der Waals surface area contributed by atoms with Crippen LogP contribution < -0.4 is 5.73 Å². The van der Waals surface area contributed by atoms with Gasteiger partial charge in [0.25, 0.3) is 5.91 Å². The number of carbonyl (C=O) groups excluding carboxylic acids is 1. The van der Waals surface area contributed by atoms with Crippen LogP contribution in [0.4, 0.5) is 0 Å². The molecule has 2 aliphatic rings. The van der Waals surface area contributed by atoms with Crippen molar-refractivity contribution in [2.24, 2.45) is 5.73 Å². The standard InChI is InChI=1S/C22H30N4O3/c23-19(14-16-4-6-18(27)7-5-16)21-24-20(15-29-21)22(28)26-12-8-17(9-13-26)25-10-2-1-3-11-25/h4-7,15,17,19,27H,1-3,8-14,23H2. The van der Waals surface area contributed by atoms with Crippen molar-refractivity contribution >= 4 is 5.91 Å². The summed E-state index contributed by atoms with van der Waals surface area (Å²) in [7, 11) is 0. The molecule has 2 fully saturated rings. The van der Waals surface area contributed by atoms with Crippen LogP contribution >= 0.6 is 0 Å². The van der Waals surface area contributed by atoms with E-state index in [9.17, 15) is 9.90 Å². The molecule has 2 aromatic rings. The van der Waals surface area contributed by atoms with Crippen LogP contribution in [0.2, 0.25) is 0 Å². The molecule has 0 saturated carbocycles. The maximum Gasteiger partial charge on any atom is 0.275 e. The molecule has 1 aromatic heterocycles. The lowest BCUT2D eigenvalue weighted by Gasteiger charge is -2.40. The van der Waals surface area contributed by atoms with Crippen LogP contribution in [0.25, 0.3) is 0 Å². The summed E-state index contributed by atoms with van der Waals surface area (Å²) in [5.41, 5.74) is 7.51. The van der Waals surface area contributed by atoms with Crippen LogP contribution in [0, 0.1) is 0 Å². The number of nitrogens with two attached hydrogens (primary N) is 1. The number of likely N-dealkylation sites (tertiary alicyclic amines) is 2. The molecule has 0 aliphatic carbocycles. The van der Waals surface area contributed by atoms with Crippen molar-refractivity contribution in [1.82, 2.24) is 14.8 Å². The van der Waals surface area contributed by atoms with Crippen LogP contribution in [0.1, 0.15) is 60.1 Å². The summed E-state index contributed by atoms with van der Waals surface area (Å²) in [6.07, 6.45) is 7.93. The minimum absolute atomic E-state index is 0.0751. The fourth-order valence-electron chi connectivity index (χ4n) is 4.41. The highest BCUT2D eigenvalue weighted by Crippen LogP contribution is 2.23. The Morgan fingerprint density at radius 2 is 1.83 bits per heavy atom. The van der Waals surface area contributed by atoms with E-state index in [1.165, 1.54) is 38.6 Å². The van der Waals surface area contributed by atoms with E-state index in [-0.39, 0.29) is 11.7 Å². The Hall–Kier alpha value is -2.38. The summed E-state index contributed by atoms with van der Waals surface area (Å²) in [6, 6.07) is 7.05. The third kappa shape index (κ3) is 4.79. The molecular formula is C22H30N4O3. The topological polar surface area (TPSA) is 95.8 Å². The number of aromatic hydroxyl groups is 1. The van der Waals surface area contributed by atoms with Crippen LogP contribution in [0.15, 0.2) is 34.9 Å². The SMILES string of the molecule is NC(Cc1ccc(O)cc1)c1nc(C(=O)N2CCC(N3CCCCC3)CC2)co1. The molecule has 3 N–H and O–H groups in total. The molecule has 0 radical (unpaired) electrons. The first-order chi connectivity index (χ1) is 14.1. The molecule has 3 heterocycles. The Morgan fingerprint density at radius 1 is 1.14 bits per heavy atom. The van der Waals surface area contributed by atoms with Gasteiger partial charge < -0.3 is 25.1 Å². The van der Waals surface area contributed by atoms with Gasteiger partial charge in [-0.15, -0.1) is 0 Å². The first-order valence-corrected chi connectivity index (χ1v) is 10.6. The highest BCUT2D eigenvalue weighted by molar-refractivity contribution is 5.92. The van der Waals surface area contributed by atoms with E-state index in [1.54, 1.807) is 12.1 Å². The van der Waals surface area contributed by atoms with Gasteiger partial charge in [-0.1, -0.05) is 18.6 Å². The molecule has 1 unspecified atom stereocenters.